The summed E-state index contributed by atoms with van der Waals surface area (Å²) in [5, 5.41) is 0.347. The van der Waals surface area contributed by atoms with E-state index in [9.17, 15) is 14.4 Å². The van der Waals surface area contributed by atoms with E-state index in [-0.39, 0.29) is 29.8 Å². The molecule has 1 atom stereocenters. The Balaban J connectivity index is 1.75. The quantitative estimate of drug-likeness (QED) is 0.457. The minimum Gasteiger partial charge on any atom is -0.497 e. The lowest BCUT2D eigenvalue weighted by atomic mass is 9.82. The normalized spacial score (nSPS) is 19.3. The van der Waals surface area contributed by atoms with Crippen LogP contribution in [-0.4, -0.2) is 24.5 Å². The summed E-state index contributed by atoms with van der Waals surface area (Å²) in [6, 6.07) is 8.17. The van der Waals surface area contributed by atoms with Gasteiger partial charge in [-0.3, -0.25) is 14.4 Å². The molecule has 1 aromatic heterocycles. The average Bonchev–Trinajstić information content (AvgIpc) is 2.72. The van der Waals surface area contributed by atoms with E-state index in [0.717, 1.165) is 0 Å². The SMILES string of the molecule is COc1ccc2occ(C3CC(=O)Oc4ccc5c(c43)OC(C)(C)CC5=O)c(=O)c2c1. The molecular formula is C24H20O7. The van der Waals surface area contributed by atoms with Gasteiger partial charge < -0.3 is 18.6 Å². The predicted octanol–water partition coefficient (Wildman–Crippen LogP) is 3.99. The van der Waals surface area contributed by atoms with Gasteiger partial charge in [-0.2, -0.15) is 0 Å². The Morgan fingerprint density at radius 1 is 1.10 bits per heavy atom. The number of hydrogen-bond donors (Lipinski definition) is 0. The molecule has 31 heavy (non-hydrogen) atoms. The van der Waals surface area contributed by atoms with Gasteiger partial charge in [0.25, 0.3) is 0 Å². The third-order valence-electron chi connectivity index (χ3n) is 5.75. The van der Waals surface area contributed by atoms with Crippen LogP contribution in [0.15, 0.2) is 45.8 Å². The Kier molecular flexibility index (Phi) is 4.18. The maximum atomic E-state index is 13.4. The highest BCUT2D eigenvalue weighted by molar-refractivity contribution is 6.01. The lowest BCUT2D eigenvalue weighted by Crippen LogP contribution is -2.37. The third kappa shape index (κ3) is 3.08. The molecule has 3 heterocycles. The molecular weight excluding hydrogens is 400 g/mol. The molecule has 0 radical (unpaired) electrons. The summed E-state index contributed by atoms with van der Waals surface area (Å²) in [5.74, 6) is -0.0193. The first-order valence-electron chi connectivity index (χ1n) is 9.96. The molecule has 2 aromatic carbocycles. The first-order chi connectivity index (χ1) is 14.8. The van der Waals surface area contributed by atoms with Crippen LogP contribution >= 0.6 is 0 Å². The first kappa shape index (κ1) is 19.4. The molecule has 2 aliphatic rings. The largest absolute Gasteiger partial charge is 0.497 e. The fourth-order valence-electron chi connectivity index (χ4n) is 4.32. The molecule has 0 fully saturated rings. The van der Waals surface area contributed by atoms with Crippen molar-refractivity contribution in [3.05, 3.63) is 63.5 Å². The molecule has 0 N–H and O–H groups in total. The Hall–Kier alpha value is -3.61. The second-order valence-corrected chi connectivity index (χ2v) is 8.43. The van der Waals surface area contributed by atoms with Crippen molar-refractivity contribution >= 4 is 22.7 Å². The average molecular weight is 420 g/mol. The van der Waals surface area contributed by atoms with E-state index in [1.165, 1.54) is 13.4 Å². The molecule has 7 heteroatoms. The third-order valence-corrected chi connectivity index (χ3v) is 5.75. The summed E-state index contributed by atoms with van der Waals surface area (Å²) in [4.78, 5) is 38.5. The van der Waals surface area contributed by atoms with Gasteiger partial charge in [0.2, 0.25) is 0 Å². The monoisotopic (exact) mass is 420 g/mol. The van der Waals surface area contributed by atoms with Gasteiger partial charge in [0.05, 0.1) is 37.2 Å². The van der Waals surface area contributed by atoms with Crippen LogP contribution in [-0.2, 0) is 4.79 Å². The highest BCUT2D eigenvalue weighted by Gasteiger charge is 2.40. The van der Waals surface area contributed by atoms with Gasteiger partial charge in [-0.05, 0) is 44.2 Å². The minimum atomic E-state index is -0.716. The van der Waals surface area contributed by atoms with E-state index in [2.05, 4.69) is 0 Å². The number of methoxy groups -OCH3 is 1. The summed E-state index contributed by atoms with van der Waals surface area (Å²) >= 11 is 0. The smallest absolute Gasteiger partial charge is 0.312 e. The first-order valence-corrected chi connectivity index (χ1v) is 9.96. The fourth-order valence-corrected chi connectivity index (χ4v) is 4.32. The summed E-state index contributed by atoms with van der Waals surface area (Å²) in [6.07, 6.45) is 1.54. The molecule has 2 aliphatic heterocycles. The van der Waals surface area contributed by atoms with Crippen molar-refractivity contribution in [3.63, 3.8) is 0 Å². The van der Waals surface area contributed by atoms with Crippen LogP contribution in [0.2, 0.25) is 0 Å². The number of ether oxygens (including phenoxy) is 3. The highest BCUT2D eigenvalue weighted by atomic mass is 16.5. The maximum absolute atomic E-state index is 13.4. The Morgan fingerprint density at radius 2 is 1.90 bits per heavy atom. The van der Waals surface area contributed by atoms with E-state index < -0.39 is 17.5 Å². The highest BCUT2D eigenvalue weighted by Crippen LogP contribution is 2.48. The van der Waals surface area contributed by atoms with Crippen molar-refractivity contribution in [1.29, 1.82) is 0 Å². The molecule has 0 aliphatic carbocycles. The number of ketones is 1. The van der Waals surface area contributed by atoms with Crippen LogP contribution in [0.3, 0.4) is 0 Å². The summed E-state index contributed by atoms with van der Waals surface area (Å²) in [6.45, 7) is 3.65. The van der Waals surface area contributed by atoms with Crippen molar-refractivity contribution in [2.24, 2.45) is 0 Å². The molecule has 5 rings (SSSR count). The molecule has 0 saturated carbocycles. The molecule has 7 nitrogen and oxygen atoms in total. The number of esters is 1. The Bertz CT molecular complexity index is 1320. The van der Waals surface area contributed by atoms with Gasteiger partial charge in [-0.15, -0.1) is 0 Å². The van der Waals surface area contributed by atoms with E-state index in [0.29, 0.717) is 39.2 Å². The molecule has 1 unspecified atom stereocenters. The lowest BCUT2D eigenvalue weighted by molar-refractivity contribution is -0.135. The zero-order valence-corrected chi connectivity index (χ0v) is 17.3. The van der Waals surface area contributed by atoms with E-state index in [1.807, 2.05) is 13.8 Å². The molecule has 0 amide bonds. The second-order valence-electron chi connectivity index (χ2n) is 8.43. The summed E-state index contributed by atoms with van der Waals surface area (Å²) in [7, 11) is 1.52. The molecule has 0 bridgehead atoms. The van der Waals surface area contributed by atoms with Crippen LogP contribution in [0, 0.1) is 0 Å². The topological polar surface area (TPSA) is 92.0 Å². The van der Waals surface area contributed by atoms with Crippen LogP contribution in [0.1, 0.15) is 54.1 Å². The zero-order valence-electron chi connectivity index (χ0n) is 17.3. The van der Waals surface area contributed by atoms with E-state index in [4.69, 9.17) is 18.6 Å². The standard InChI is InChI=1S/C24H20O7/c1-24(2)10-17(25)13-5-7-19-21(23(13)31-24)14(9-20(26)30-19)16-11-29-18-6-4-12(28-3)8-15(18)22(16)27/h4-8,11,14H,9-10H2,1-3H3. The van der Waals surface area contributed by atoms with Crippen LogP contribution in [0.4, 0.5) is 0 Å². The Labute approximate surface area is 177 Å². The maximum Gasteiger partial charge on any atom is 0.312 e. The minimum absolute atomic E-state index is 0.0556. The molecule has 0 saturated heterocycles. The summed E-state index contributed by atoms with van der Waals surface area (Å²) in [5.41, 5.74) is 0.667. The van der Waals surface area contributed by atoms with Gasteiger partial charge in [0.15, 0.2) is 11.2 Å². The lowest BCUT2D eigenvalue weighted by Gasteiger charge is -2.36. The predicted molar refractivity (Wildman–Crippen MR) is 111 cm³/mol. The second kappa shape index (κ2) is 6.70. The number of benzene rings is 2. The number of fused-ring (bicyclic) bond motifs is 4. The van der Waals surface area contributed by atoms with Crippen molar-refractivity contribution in [2.75, 3.05) is 7.11 Å². The van der Waals surface area contributed by atoms with E-state index >= 15 is 0 Å². The van der Waals surface area contributed by atoms with Crippen molar-refractivity contribution < 1.29 is 28.2 Å². The van der Waals surface area contributed by atoms with Gasteiger partial charge >= 0.3 is 5.97 Å². The number of carbonyl (C=O) groups excluding carboxylic acids is 2. The molecule has 3 aromatic rings. The Morgan fingerprint density at radius 3 is 2.68 bits per heavy atom. The zero-order chi connectivity index (χ0) is 21.9. The van der Waals surface area contributed by atoms with Crippen LogP contribution < -0.4 is 19.6 Å². The fraction of sp³-hybridized carbons (Fsp3) is 0.292. The van der Waals surface area contributed by atoms with Crippen molar-refractivity contribution in [1.82, 2.24) is 0 Å². The molecule has 158 valence electrons. The summed E-state index contributed by atoms with van der Waals surface area (Å²) < 4.78 is 22.6. The van der Waals surface area contributed by atoms with Crippen molar-refractivity contribution in [3.8, 4) is 17.2 Å². The number of hydrogen-bond acceptors (Lipinski definition) is 7. The van der Waals surface area contributed by atoms with Crippen LogP contribution in [0.5, 0.6) is 17.2 Å². The molecule has 0 spiro atoms. The number of Topliss-reactive ketones (excluding diaryl/α,β-unsaturated/α-hetero) is 1. The van der Waals surface area contributed by atoms with Gasteiger partial charge in [-0.1, -0.05) is 0 Å². The van der Waals surface area contributed by atoms with Gasteiger partial charge in [-0.25, -0.2) is 0 Å². The number of rotatable bonds is 2. The van der Waals surface area contributed by atoms with Gasteiger partial charge in [0.1, 0.15) is 28.4 Å². The number of carbonyl (C=O) groups is 2. The van der Waals surface area contributed by atoms with E-state index in [1.54, 1.807) is 30.3 Å². The van der Waals surface area contributed by atoms with Crippen LogP contribution in [0.25, 0.3) is 11.0 Å². The van der Waals surface area contributed by atoms with Gasteiger partial charge in [0, 0.05) is 17.0 Å². The van der Waals surface area contributed by atoms with Crippen molar-refractivity contribution in [2.45, 2.75) is 38.2 Å².